The van der Waals surface area contributed by atoms with E-state index < -0.39 is 0 Å². The lowest BCUT2D eigenvalue weighted by Crippen LogP contribution is -2.36. The number of amides is 1. The fraction of sp³-hybridized carbons (Fsp3) is 0.526. The Balaban J connectivity index is 0.00000261. The van der Waals surface area contributed by atoms with Crippen molar-refractivity contribution in [3.63, 3.8) is 0 Å². The normalized spacial score (nSPS) is 15.1. The Morgan fingerprint density at radius 1 is 1.30 bits per heavy atom. The molecule has 7 nitrogen and oxygen atoms in total. The minimum absolute atomic E-state index is 0. The zero-order valence-electron chi connectivity index (χ0n) is 16.1. The van der Waals surface area contributed by atoms with Crippen LogP contribution >= 0.6 is 12.4 Å². The van der Waals surface area contributed by atoms with Crippen LogP contribution in [0.25, 0.3) is 0 Å². The van der Waals surface area contributed by atoms with Crippen LogP contribution < -0.4 is 15.4 Å². The molecule has 1 aliphatic heterocycles. The lowest BCUT2D eigenvalue weighted by molar-refractivity contribution is 0.0940. The number of piperidine rings is 1. The molecule has 0 spiro atoms. The maximum absolute atomic E-state index is 12.5. The van der Waals surface area contributed by atoms with Crippen LogP contribution in [-0.2, 0) is 5.41 Å². The fourth-order valence-corrected chi connectivity index (χ4v) is 3.17. The summed E-state index contributed by atoms with van der Waals surface area (Å²) >= 11 is 0. The molecular formula is C19H28ClN5O2. The average Bonchev–Trinajstić information content (AvgIpc) is 3.17. The van der Waals surface area contributed by atoms with E-state index in [2.05, 4.69) is 34.8 Å². The third-order valence-corrected chi connectivity index (χ3v) is 4.99. The highest BCUT2D eigenvalue weighted by molar-refractivity contribution is 5.91. The Labute approximate surface area is 166 Å². The van der Waals surface area contributed by atoms with E-state index in [1.54, 1.807) is 13.3 Å². The molecule has 1 amide bonds. The van der Waals surface area contributed by atoms with Crippen molar-refractivity contribution in [1.82, 2.24) is 25.6 Å². The van der Waals surface area contributed by atoms with E-state index in [9.17, 15) is 4.79 Å². The SMILES string of the molecule is COc1ccc(C(C)(C)CNC(=O)c2cn(C3CCNCC3)nn2)cc1.Cl. The first-order valence-electron chi connectivity index (χ1n) is 9.05. The van der Waals surface area contributed by atoms with Crippen molar-refractivity contribution in [2.24, 2.45) is 0 Å². The standard InChI is InChI=1S/C19H27N5O2.ClH/c1-19(2,14-4-6-16(26-3)7-5-14)13-21-18(25)17-12-24(23-22-17)15-8-10-20-11-9-15;/h4-7,12,15,20H,8-11,13H2,1-3H3,(H,21,25);1H. The Kier molecular flexibility index (Phi) is 7.21. The summed E-state index contributed by atoms with van der Waals surface area (Å²) in [5.74, 6) is 0.634. The van der Waals surface area contributed by atoms with Crippen LogP contribution in [0.2, 0.25) is 0 Å². The molecule has 3 rings (SSSR count). The first-order chi connectivity index (χ1) is 12.5. The van der Waals surface area contributed by atoms with E-state index in [-0.39, 0.29) is 23.7 Å². The van der Waals surface area contributed by atoms with E-state index in [4.69, 9.17) is 4.74 Å². The number of ether oxygens (including phenoxy) is 1. The third-order valence-electron chi connectivity index (χ3n) is 4.99. The van der Waals surface area contributed by atoms with E-state index in [0.29, 0.717) is 18.3 Å². The minimum Gasteiger partial charge on any atom is -0.497 e. The lowest BCUT2D eigenvalue weighted by Gasteiger charge is -2.25. The van der Waals surface area contributed by atoms with E-state index >= 15 is 0 Å². The van der Waals surface area contributed by atoms with Gasteiger partial charge in [0.2, 0.25) is 0 Å². The summed E-state index contributed by atoms with van der Waals surface area (Å²) in [5.41, 5.74) is 1.30. The lowest BCUT2D eigenvalue weighted by atomic mass is 9.84. The number of rotatable bonds is 6. The smallest absolute Gasteiger partial charge is 0.273 e. The molecule has 1 aromatic carbocycles. The maximum atomic E-state index is 12.5. The van der Waals surface area contributed by atoms with Crippen molar-refractivity contribution in [2.45, 2.75) is 38.1 Å². The van der Waals surface area contributed by atoms with Crippen molar-refractivity contribution in [3.05, 3.63) is 41.7 Å². The second kappa shape index (κ2) is 9.19. The van der Waals surface area contributed by atoms with E-state index in [1.807, 2.05) is 28.9 Å². The quantitative estimate of drug-likeness (QED) is 0.787. The topological polar surface area (TPSA) is 81.1 Å². The Morgan fingerprint density at radius 2 is 1.96 bits per heavy atom. The summed E-state index contributed by atoms with van der Waals surface area (Å²) in [6.07, 6.45) is 3.77. The molecule has 0 atom stereocenters. The second-order valence-electron chi connectivity index (χ2n) is 7.36. The number of carbonyl (C=O) groups excluding carboxylic acids is 1. The molecule has 0 radical (unpaired) electrons. The highest BCUT2D eigenvalue weighted by Crippen LogP contribution is 2.24. The zero-order valence-corrected chi connectivity index (χ0v) is 16.9. The van der Waals surface area contributed by atoms with Crippen LogP contribution in [0.1, 0.15) is 48.8 Å². The van der Waals surface area contributed by atoms with Crippen molar-refractivity contribution in [3.8, 4) is 5.75 Å². The van der Waals surface area contributed by atoms with Gasteiger partial charge in [0.25, 0.3) is 5.91 Å². The molecule has 148 valence electrons. The number of nitrogens with zero attached hydrogens (tertiary/aromatic N) is 3. The third kappa shape index (κ3) is 5.20. The Morgan fingerprint density at radius 3 is 2.59 bits per heavy atom. The van der Waals surface area contributed by atoms with Gasteiger partial charge in [0.05, 0.1) is 19.3 Å². The molecular weight excluding hydrogens is 366 g/mol. The monoisotopic (exact) mass is 393 g/mol. The van der Waals surface area contributed by atoms with E-state index in [1.165, 1.54) is 0 Å². The van der Waals surface area contributed by atoms with Crippen molar-refractivity contribution in [1.29, 1.82) is 0 Å². The number of aromatic nitrogens is 3. The summed E-state index contributed by atoms with van der Waals surface area (Å²) in [4.78, 5) is 12.5. The van der Waals surface area contributed by atoms with Gasteiger partial charge in [-0.2, -0.15) is 0 Å². The predicted octanol–water partition coefficient (Wildman–Crippen LogP) is 2.34. The molecule has 1 aromatic heterocycles. The predicted molar refractivity (Wildman–Crippen MR) is 107 cm³/mol. The minimum atomic E-state index is -0.201. The van der Waals surface area contributed by atoms with Crippen molar-refractivity contribution in [2.75, 3.05) is 26.7 Å². The van der Waals surface area contributed by atoms with Crippen LogP contribution in [0.4, 0.5) is 0 Å². The Hall–Kier alpha value is -2.12. The Bertz CT molecular complexity index is 739. The van der Waals surface area contributed by atoms with Gasteiger partial charge in [0.15, 0.2) is 5.69 Å². The zero-order chi connectivity index (χ0) is 18.6. The van der Waals surface area contributed by atoms with Gasteiger partial charge in [-0.3, -0.25) is 4.79 Å². The fourth-order valence-electron chi connectivity index (χ4n) is 3.17. The van der Waals surface area contributed by atoms with Gasteiger partial charge in [0, 0.05) is 12.0 Å². The van der Waals surface area contributed by atoms with Gasteiger partial charge in [-0.25, -0.2) is 4.68 Å². The number of methoxy groups -OCH3 is 1. The summed E-state index contributed by atoms with van der Waals surface area (Å²) < 4.78 is 7.02. The molecule has 1 saturated heterocycles. The molecule has 1 fully saturated rings. The molecule has 0 unspecified atom stereocenters. The summed E-state index contributed by atoms with van der Waals surface area (Å²) in [7, 11) is 1.65. The van der Waals surface area contributed by atoms with Crippen molar-refractivity contribution >= 4 is 18.3 Å². The summed E-state index contributed by atoms with van der Waals surface area (Å²) in [6, 6.07) is 8.24. The number of benzene rings is 1. The molecule has 2 N–H and O–H groups in total. The molecule has 0 bridgehead atoms. The number of nitrogens with one attached hydrogen (secondary N) is 2. The highest BCUT2D eigenvalue weighted by atomic mass is 35.5. The van der Waals surface area contributed by atoms with Crippen LogP contribution in [0.3, 0.4) is 0 Å². The number of hydrogen-bond donors (Lipinski definition) is 2. The molecule has 1 aliphatic rings. The summed E-state index contributed by atoms with van der Waals surface area (Å²) in [6.45, 7) is 6.66. The number of hydrogen-bond acceptors (Lipinski definition) is 5. The largest absolute Gasteiger partial charge is 0.497 e. The van der Waals surface area contributed by atoms with Gasteiger partial charge in [-0.15, -0.1) is 17.5 Å². The van der Waals surface area contributed by atoms with Gasteiger partial charge >= 0.3 is 0 Å². The van der Waals surface area contributed by atoms with Gasteiger partial charge in [0.1, 0.15) is 5.75 Å². The van der Waals surface area contributed by atoms with Crippen LogP contribution in [0.5, 0.6) is 5.75 Å². The average molecular weight is 394 g/mol. The highest BCUT2D eigenvalue weighted by Gasteiger charge is 2.23. The van der Waals surface area contributed by atoms with Crippen LogP contribution in [0.15, 0.2) is 30.5 Å². The van der Waals surface area contributed by atoms with Gasteiger partial charge < -0.3 is 15.4 Å². The molecule has 0 saturated carbocycles. The van der Waals surface area contributed by atoms with Crippen LogP contribution in [-0.4, -0.2) is 47.6 Å². The van der Waals surface area contributed by atoms with Gasteiger partial charge in [-0.05, 0) is 43.6 Å². The molecule has 27 heavy (non-hydrogen) atoms. The molecule has 2 heterocycles. The molecule has 0 aliphatic carbocycles. The first-order valence-corrected chi connectivity index (χ1v) is 9.05. The summed E-state index contributed by atoms with van der Waals surface area (Å²) in [5, 5.41) is 14.5. The van der Waals surface area contributed by atoms with E-state index in [0.717, 1.165) is 37.2 Å². The maximum Gasteiger partial charge on any atom is 0.273 e. The van der Waals surface area contributed by atoms with Crippen LogP contribution in [0, 0.1) is 0 Å². The second-order valence-corrected chi connectivity index (χ2v) is 7.36. The number of halogens is 1. The van der Waals surface area contributed by atoms with Gasteiger partial charge in [-0.1, -0.05) is 31.2 Å². The van der Waals surface area contributed by atoms with Crippen molar-refractivity contribution < 1.29 is 9.53 Å². The molecule has 8 heteroatoms. The number of carbonyl (C=O) groups is 1. The first kappa shape index (κ1) is 21.2. The molecule has 2 aromatic rings.